The smallest absolute Gasteiger partial charge is 0.274 e. The van der Waals surface area contributed by atoms with Gasteiger partial charge in [0.1, 0.15) is 28.7 Å². The van der Waals surface area contributed by atoms with Crippen LogP contribution < -0.4 is 9.80 Å². The standard InChI is InChI=1S/C26H29N3O5/c1-24(2)11-13-28-18(22(31)27-12-5-6-17(27)21(28)30)14-26(32)16-7-8-19-15(9-10-25(3,4)34-19)20(16)29(33)23(24)26/h6-11,13,18,23,32-33H,5,12,14H2,1-4H3. The number of nitrogens with zero attached hydrogens (tertiary/aromatic N) is 3. The SMILES string of the molecule is CC1(C)C=Cc2c(ccc3c2N(O)C2C(C)(C)C=CN4C(=O)C5=CCCN5C(=O)C4CC32O)O1. The Hall–Kier alpha value is -3.10. The molecule has 3 unspecified atom stereocenters. The first-order chi connectivity index (χ1) is 15.9. The Balaban J connectivity index is 1.53. The van der Waals surface area contributed by atoms with E-state index in [1.165, 1.54) is 9.80 Å². The van der Waals surface area contributed by atoms with Crippen molar-refractivity contribution in [1.29, 1.82) is 0 Å². The van der Waals surface area contributed by atoms with Crippen molar-refractivity contribution in [2.75, 3.05) is 11.6 Å². The maximum Gasteiger partial charge on any atom is 0.274 e. The lowest BCUT2D eigenvalue weighted by atomic mass is 9.70. The lowest BCUT2D eigenvalue weighted by Gasteiger charge is -2.48. The number of amides is 2. The second-order valence-corrected chi connectivity index (χ2v) is 11.0. The quantitative estimate of drug-likeness (QED) is 0.615. The number of benzene rings is 1. The molecule has 0 spiro atoms. The molecular weight excluding hydrogens is 434 g/mol. The van der Waals surface area contributed by atoms with Crippen LogP contribution in [-0.4, -0.2) is 56.2 Å². The maximum absolute atomic E-state index is 13.5. The predicted molar refractivity (Wildman–Crippen MR) is 125 cm³/mol. The summed E-state index contributed by atoms with van der Waals surface area (Å²) in [4.78, 5) is 29.7. The molecule has 2 N–H and O–H groups in total. The minimum absolute atomic E-state index is 0.0291. The van der Waals surface area contributed by atoms with Gasteiger partial charge >= 0.3 is 0 Å². The molecule has 1 fully saturated rings. The van der Waals surface area contributed by atoms with E-state index in [1.807, 2.05) is 52.0 Å². The van der Waals surface area contributed by atoms with E-state index >= 15 is 0 Å². The Kier molecular flexibility index (Phi) is 4.11. The maximum atomic E-state index is 13.5. The minimum Gasteiger partial charge on any atom is -0.483 e. The molecule has 8 heteroatoms. The zero-order chi connectivity index (χ0) is 24.2. The van der Waals surface area contributed by atoms with Gasteiger partial charge in [-0.25, -0.2) is 5.06 Å². The van der Waals surface area contributed by atoms with Gasteiger partial charge < -0.3 is 19.6 Å². The third kappa shape index (κ3) is 2.66. The summed E-state index contributed by atoms with van der Waals surface area (Å²) in [6, 6.07) is 1.93. The summed E-state index contributed by atoms with van der Waals surface area (Å²) in [5.74, 6) is 0.175. The Labute approximate surface area is 198 Å². The van der Waals surface area contributed by atoms with Crippen LogP contribution >= 0.6 is 0 Å². The Bertz CT molecular complexity index is 1230. The monoisotopic (exact) mass is 463 g/mol. The van der Waals surface area contributed by atoms with Gasteiger partial charge in [0.25, 0.3) is 5.91 Å². The summed E-state index contributed by atoms with van der Waals surface area (Å²) >= 11 is 0. The van der Waals surface area contributed by atoms with E-state index in [0.29, 0.717) is 41.2 Å². The van der Waals surface area contributed by atoms with Crippen LogP contribution in [0.4, 0.5) is 5.69 Å². The number of piperazine rings is 1. The zero-order valence-electron chi connectivity index (χ0n) is 19.8. The van der Waals surface area contributed by atoms with Crippen LogP contribution in [0.15, 0.2) is 42.3 Å². The molecular formula is C26H29N3O5. The highest BCUT2D eigenvalue weighted by Crippen LogP contribution is 2.56. The number of hydrogen-bond donors (Lipinski definition) is 2. The van der Waals surface area contributed by atoms with Crippen LogP contribution in [0.1, 0.15) is 51.7 Å². The number of anilines is 1. The van der Waals surface area contributed by atoms with E-state index < -0.39 is 28.7 Å². The van der Waals surface area contributed by atoms with Crippen LogP contribution in [-0.2, 0) is 15.2 Å². The van der Waals surface area contributed by atoms with Gasteiger partial charge in [-0.3, -0.25) is 14.8 Å². The van der Waals surface area contributed by atoms with Gasteiger partial charge in [0.2, 0.25) is 5.91 Å². The molecule has 178 valence electrons. The second kappa shape index (κ2) is 6.52. The second-order valence-electron chi connectivity index (χ2n) is 11.0. The van der Waals surface area contributed by atoms with E-state index in [4.69, 9.17) is 4.74 Å². The fourth-order valence-electron chi connectivity index (χ4n) is 6.25. The van der Waals surface area contributed by atoms with Crippen molar-refractivity contribution in [3.8, 4) is 5.75 Å². The van der Waals surface area contributed by atoms with Crippen molar-refractivity contribution < 1.29 is 24.6 Å². The van der Waals surface area contributed by atoms with Crippen LogP contribution in [0, 0.1) is 5.41 Å². The normalized spacial score (nSPS) is 32.2. The lowest BCUT2D eigenvalue weighted by Crippen LogP contribution is -2.62. The molecule has 0 aliphatic carbocycles. The average Bonchev–Trinajstić information content (AvgIpc) is 3.32. The van der Waals surface area contributed by atoms with E-state index in [0.717, 1.165) is 5.06 Å². The van der Waals surface area contributed by atoms with Crippen LogP contribution in [0.3, 0.4) is 0 Å². The van der Waals surface area contributed by atoms with Gasteiger partial charge in [-0.05, 0) is 38.5 Å². The molecule has 5 aliphatic heterocycles. The Morgan fingerprint density at radius 2 is 1.88 bits per heavy atom. The van der Waals surface area contributed by atoms with Gasteiger partial charge in [0.15, 0.2) is 0 Å². The molecule has 1 aromatic carbocycles. The summed E-state index contributed by atoms with van der Waals surface area (Å²) in [6.45, 7) is 8.19. The van der Waals surface area contributed by atoms with Gasteiger partial charge in [0.05, 0.1) is 11.7 Å². The fraction of sp³-hybridized carbons (Fsp3) is 0.462. The number of rotatable bonds is 0. The van der Waals surface area contributed by atoms with Crippen LogP contribution in [0.2, 0.25) is 0 Å². The average molecular weight is 464 g/mol. The molecule has 3 atom stereocenters. The largest absolute Gasteiger partial charge is 0.483 e. The number of carbonyl (C=O) groups is 2. The number of hydroxylamine groups is 1. The third-order valence-electron chi connectivity index (χ3n) is 7.79. The lowest BCUT2D eigenvalue weighted by molar-refractivity contribution is -0.152. The molecule has 34 heavy (non-hydrogen) atoms. The fourth-order valence-corrected chi connectivity index (χ4v) is 6.25. The molecule has 8 nitrogen and oxygen atoms in total. The van der Waals surface area contributed by atoms with E-state index in [2.05, 4.69) is 0 Å². The highest BCUT2D eigenvalue weighted by atomic mass is 16.5. The first-order valence-electron chi connectivity index (χ1n) is 11.7. The van der Waals surface area contributed by atoms with Gasteiger partial charge in [0, 0.05) is 35.7 Å². The van der Waals surface area contributed by atoms with Crippen molar-refractivity contribution in [2.24, 2.45) is 5.41 Å². The summed E-state index contributed by atoms with van der Waals surface area (Å²) in [5, 5.41) is 25.0. The molecule has 2 amide bonds. The van der Waals surface area contributed by atoms with Gasteiger partial charge in [-0.15, -0.1) is 0 Å². The molecule has 5 heterocycles. The number of aliphatic hydroxyl groups is 1. The molecule has 0 saturated carbocycles. The minimum atomic E-state index is -1.59. The molecule has 6 rings (SSSR count). The molecule has 1 saturated heterocycles. The molecule has 0 radical (unpaired) electrons. The van der Waals surface area contributed by atoms with Gasteiger partial charge in [-0.1, -0.05) is 32.1 Å². The number of carbonyl (C=O) groups excluding carboxylic acids is 2. The van der Waals surface area contributed by atoms with Crippen molar-refractivity contribution in [1.82, 2.24) is 9.80 Å². The van der Waals surface area contributed by atoms with E-state index in [-0.39, 0.29) is 18.2 Å². The first-order valence-corrected chi connectivity index (χ1v) is 11.7. The summed E-state index contributed by atoms with van der Waals surface area (Å²) in [5.41, 5.74) is -0.732. The summed E-state index contributed by atoms with van der Waals surface area (Å²) < 4.78 is 6.10. The predicted octanol–water partition coefficient (Wildman–Crippen LogP) is 2.91. The highest BCUT2D eigenvalue weighted by molar-refractivity contribution is 6.05. The summed E-state index contributed by atoms with van der Waals surface area (Å²) in [6.07, 6.45) is 9.70. The van der Waals surface area contributed by atoms with Crippen molar-refractivity contribution in [3.63, 3.8) is 0 Å². The summed E-state index contributed by atoms with van der Waals surface area (Å²) in [7, 11) is 0. The number of hydrogen-bond acceptors (Lipinski definition) is 6. The van der Waals surface area contributed by atoms with Crippen molar-refractivity contribution >= 4 is 23.6 Å². The number of ether oxygens (including phenoxy) is 1. The van der Waals surface area contributed by atoms with Gasteiger partial charge in [-0.2, -0.15) is 0 Å². The van der Waals surface area contributed by atoms with E-state index in [1.54, 1.807) is 18.3 Å². The van der Waals surface area contributed by atoms with Crippen molar-refractivity contribution in [2.45, 2.75) is 63.8 Å². The molecule has 0 aromatic heterocycles. The number of fused-ring (bicyclic) bond motifs is 7. The van der Waals surface area contributed by atoms with Crippen molar-refractivity contribution in [3.05, 3.63) is 53.4 Å². The van der Waals surface area contributed by atoms with Crippen LogP contribution in [0.5, 0.6) is 5.75 Å². The Morgan fingerprint density at radius 3 is 2.65 bits per heavy atom. The molecule has 1 aromatic rings. The molecule has 0 bridgehead atoms. The molecule has 5 aliphatic rings. The Morgan fingerprint density at radius 1 is 1.12 bits per heavy atom. The first kappa shape index (κ1) is 21.4. The van der Waals surface area contributed by atoms with E-state index in [9.17, 15) is 19.9 Å². The topological polar surface area (TPSA) is 93.6 Å². The van der Waals surface area contributed by atoms with Crippen LogP contribution in [0.25, 0.3) is 6.08 Å². The highest BCUT2D eigenvalue weighted by Gasteiger charge is 2.60. The zero-order valence-corrected chi connectivity index (χ0v) is 19.8. The third-order valence-corrected chi connectivity index (χ3v) is 7.79.